The number of pyridine rings is 1. The molecule has 0 saturated heterocycles. The topological polar surface area (TPSA) is 85.4 Å². The summed E-state index contributed by atoms with van der Waals surface area (Å²) in [6, 6.07) is 9.98. The van der Waals surface area contributed by atoms with Gasteiger partial charge in [-0.05, 0) is 109 Å². The molecule has 5 aliphatic rings. The number of anilines is 1. The number of carbonyl (C=O) groups is 3. The second kappa shape index (κ2) is 10.5. The molecule has 2 aromatic rings. The fraction of sp³-hybridized carbons (Fsp3) is 0.659. The number of nitrogens with zero attached hydrogens (tertiary/aromatic N) is 1. The molecule has 1 aromatic heterocycles. The van der Waals surface area contributed by atoms with Gasteiger partial charge < -0.3 is 10.1 Å². The first-order valence-electron chi connectivity index (χ1n) is 18.1. The second-order valence-electron chi connectivity index (χ2n) is 18.1. The summed E-state index contributed by atoms with van der Waals surface area (Å²) >= 11 is 0. The fourth-order valence-electron chi connectivity index (χ4n) is 12.2. The maximum Gasteiger partial charge on any atom is 0.302 e. The van der Waals surface area contributed by atoms with Crippen molar-refractivity contribution in [2.45, 2.75) is 119 Å². The highest BCUT2D eigenvalue weighted by Crippen LogP contribution is 2.75. The average Bonchev–Trinajstić information content (AvgIpc) is 3.00. The van der Waals surface area contributed by atoms with Gasteiger partial charge in [0.1, 0.15) is 6.10 Å². The van der Waals surface area contributed by atoms with Crippen LogP contribution in [0.25, 0.3) is 10.9 Å². The van der Waals surface area contributed by atoms with E-state index in [4.69, 9.17) is 4.74 Å². The van der Waals surface area contributed by atoms with E-state index in [1.165, 1.54) is 12.5 Å². The number of carbonyl (C=O) groups excluding carboxylic acids is 3. The number of allylic oxidation sites excluding steroid dienone is 2. The molecule has 1 aromatic carbocycles. The van der Waals surface area contributed by atoms with Crippen molar-refractivity contribution < 1.29 is 19.1 Å². The van der Waals surface area contributed by atoms with Crippen molar-refractivity contribution in [2.75, 3.05) is 5.32 Å². The number of aromatic nitrogens is 1. The molecule has 47 heavy (non-hydrogen) atoms. The molecule has 6 nitrogen and oxygen atoms in total. The van der Waals surface area contributed by atoms with Gasteiger partial charge in [-0.3, -0.25) is 19.4 Å². The Balaban J connectivity index is 1.21. The van der Waals surface area contributed by atoms with Crippen molar-refractivity contribution >= 4 is 34.3 Å². The van der Waals surface area contributed by atoms with Crippen LogP contribution in [-0.4, -0.2) is 28.7 Å². The lowest BCUT2D eigenvalue weighted by molar-refractivity contribution is -0.210. The lowest BCUT2D eigenvalue weighted by atomic mass is 9.33. The van der Waals surface area contributed by atoms with Gasteiger partial charge in [-0.1, -0.05) is 72.2 Å². The van der Waals surface area contributed by atoms with Crippen LogP contribution in [0.2, 0.25) is 0 Å². The molecule has 5 aliphatic carbocycles. The van der Waals surface area contributed by atoms with E-state index in [1.807, 2.05) is 30.3 Å². The number of fused-ring (bicyclic) bond motifs is 8. The summed E-state index contributed by atoms with van der Waals surface area (Å²) in [7, 11) is 0. The van der Waals surface area contributed by atoms with Crippen LogP contribution in [0, 0.1) is 50.2 Å². The van der Waals surface area contributed by atoms with Gasteiger partial charge in [-0.15, -0.1) is 0 Å². The standard InChI is InChI=1S/C41H54N2O4/c1-25(44)47-33-14-15-39(6)32(36(33,2)3)13-16-41(8)34(39)31(45)22-28-29-23-38(5,18-17-37(29,4)19-20-40(28,41)7)35(46)43-27-21-26-11-9-10-12-30(26)42-24-27/h9-12,21-22,24,29,32-34H,13-20,23H2,1-8H3,(H,43,46)/t29?,32?,33-,34?,37+,38-,39-,40+,41+/m0/s1. The van der Waals surface area contributed by atoms with Crippen molar-refractivity contribution in [1.29, 1.82) is 0 Å². The van der Waals surface area contributed by atoms with E-state index in [0.717, 1.165) is 74.4 Å². The molecule has 3 unspecified atom stereocenters. The van der Waals surface area contributed by atoms with E-state index in [1.54, 1.807) is 6.20 Å². The highest BCUT2D eigenvalue weighted by Gasteiger charge is 2.70. The van der Waals surface area contributed by atoms with E-state index in [0.29, 0.717) is 5.92 Å². The van der Waals surface area contributed by atoms with Gasteiger partial charge in [0.2, 0.25) is 5.91 Å². The number of amides is 1. The third-order valence-electron chi connectivity index (χ3n) is 15.2. The summed E-state index contributed by atoms with van der Waals surface area (Å²) in [5.41, 5.74) is 1.85. The molecule has 0 aliphatic heterocycles. The van der Waals surface area contributed by atoms with E-state index in [9.17, 15) is 14.4 Å². The SMILES string of the molecule is CC(=O)O[C@H]1CC[C@@]2(C)C(CC[C@]3(C)C2C(=O)C=C2C4C[C@@](C)(C(=O)Nc5cnc6ccccc6c5)CC[C@]4(C)CC[C@]23C)C1(C)C. The number of benzene rings is 1. The Kier molecular flexibility index (Phi) is 7.26. The fourth-order valence-corrected chi connectivity index (χ4v) is 12.2. The maximum absolute atomic E-state index is 14.7. The minimum absolute atomic E-state index is 0.0514. The van der Waals surface area contributed by atoms with E-state index in [-0.39, 0.29) is 62.7 Å². The number of hydrogen-bond acceptors (Lipinski definition) is 5. The Labute approximate surface area is 280 Å². The minimum Gasteiger partial charge on any atom is -0.462 e. The molecule has 4 saturated carbocycles. The molecule has 1 heterocycles. The van der Waals surface area contributed by atoms with E-state index in [2.05, 4.69) is 64.8 Å². The monoisotopic (exact) mass is 638 g/mol. The van der Waals surface area contributed by atoms with Crippen molar-refractivity contribution in [3.63, 3.8) is 0 Å². The molecule has 1 amide bonds. The molecule has 9 atom stereocenters. The highest BCUT2D eigenvalue weighted by molar-refractivity contribution is 5.97. The Hall–Kier alpha value is -3.02. The summed E-state index contributed by atoms with van der Waals surface area (Å²) < 4.78 is 5.89. The number of para-hydroxylation sites is 1. The second-order valence-corrected chi connectivity index (χ2v) is 18.1. The zero-order valence-corrected chi connectivity index (χ0v) is 29.8. The Morgan fingerprint density at radius 1 is 0.915 bits per heavy atom. The van der Waals surface area contributed by atoms with Gasteiger partial charge in [0.15, 0.2) is 5.78 Å². The van der Waals surface area contributed by atoms with Crippen LogP contribution in [-0.2, 0) is 19.1 Å². The Morgan fingerprint density at radius 3 is 2.38 bits per heavy atom. The van der Waals surface area contributed by atoms with Crippen LogP contribution >= 0.6 is 0 Å². The molecule has 1 N–H and O–H groups in total. The van der Waals surface area contributed by atoms with Gasteiger partial charge in [0.05, 0.1) is 17.4 Å². The highest BCUT2D eigenvalue weighted by atomic mass is 16.5. The van der Waals surface area contributed by atoms with Crippen molar-refractivity contribution in [2.24, 2.45) is 50.2 Å². The first kappa shape index (κ1) is 32.5. The predicted molar refractivity (Wildman–Crippen MR) is 185 cm³/mol. The zero-order valence-electron chi connectivity index (χ0n) is 29.8. The molecule has 252 valence electrons. The zero-order chi connectivity index (χ0) is 33.8. The number of ether oxygens (including phenoxy) is 1. The quantitative estimate of drug-likeness (QED) is 0.339. The third kappa shape index (κ3) is 4.62. The van der Waals surface area contributed by atoms with Crippen LogP contribution < -0.4 is 5.32 Å². The Morgan fingerprint density at radius 2 is 1.64 bits per heavy atom. The van der Waals surface area contributed by atoms with Gasteiger partial charge in [-0.25, -0.2) is 0 Å². The molecular formula is C41H54N2O4. The van der Waals surface area contributed by atoms with Crippen LogP contribution in [0.1, 0.15) is 113 Å². The smallest absolute Gasteiger partial charge is 0.302 e. The maximum atomic E-state index is 14.7. The van der Waals surface area contributed by atoms with Crippen LogP contribution in [0.4, 0.5) is 5.69 Å². The third-order valence-corrected chi connectivity index (χ3v) is 15.2. The van der Waals surface area contributed by atoms with Gasteiger partial charge in [-0.2, -0.15) is 0 Å². The summed E-state index contributed by atoms with van der Waals surface area (Å²) in [6.07, 6.45) is 12.2. The molecule has 7 rings (SSSR count). The normalized spacial score (nSPS) is 42.2. The summed E-state index contributed by atoms with van der Waals surface area (Å²) in [6.45, 7) is 17.8. The summed E-state index contributed by atoms with van der Waals surface area (Å²) in [5, 5.41) is 4.24. The minimum atomic E-state index is -0.543. The van der Waals surface area contributed by atoms with Crippen LogP contribution in [0.3, 0.4) is 0 Å². The van der Waals surface area contributed by atoms with Crippen molar-refractivity contribution in [3.05, 3.63) is 48.2 Å². The summed E-state index contributed by atoms with van der Waals surface area (Å²) in [4.78, 5) is 45.4. The summed E-state index contributed by atoms with van der Waals surface area (Å²) in [5.74, 6) is 0.543. The molecular weight excluding hydrogens is 584 g/mol. The van der Waals surface area contributed by atoms with Gasteiger partial charge >= 0.3 is 5.97 Å². The van der Waals surface area contributed by atoms with E-state index >= 15 is 0 Å². The number of ketones is 1. The lowest BCUT2D eigenvalue weighted by Crippen LogP contribution is -2.66. The predicted octanol–water partition coefficient (Wildman–Crippen LogP) is 9.09. The number of hydrogen-bond donors (Lipinski definition) is 1. The number of nitrogens with one attached hydrogen (secondary N) is 1. The van der Waals surface area contributed by atoms with Gasteiger partial charge in [0, 0.05) is 29.1 Å². The van der Waals surface area contributed by atoms with E-state index < -0.39 is 5.41 Å². The number of rotatable bonds is 3. The molecule has 0 bridgehead atoms. The Bertz CT molecular complexity index is 1690. The average molecular weight is 639 g/mol. The molecule has 0 radical (unpaired) electrons. The largest absolute Gasteiger partial charge is 0.462 e. The van der Waals surface area contributed by atoms with Crippen molar-refractivity contribution in [1.82, 2.24) is 4.98 Å². The molecule has 0 spiro atoms. The first-order chi connectivity index (χ1) is 22.0. The van der Waals surface area contributed by atoms with Crippen LogP contribution in [0.15, 0.2) is 48.2 Å². The molecule has 6 heteroatoms. The van der Waals surface area contributed by atoms with Crippen molar-refractivity contribution in [3.8, 4) is 0 Å². The van der Waals surface area contributed by atoms with Gasteiger partial charge in [0.25, 0.3) is 0 Å². The number of esters is 1. The molecule has 4 fully saturated rings. The lowest BCUT2D eigenvalue weighted by Gasteiger charge is -2.70. The first-order valence-corrected chi connectivity index (χ1v) is 18.1. The van der Waals surface area contributed by atoms with Crippen LogP contribution in [0.5, 0.6) is 0 Å².